The van der Waals surface area contributed by atoms with Gasteiger partial charge in [0.25, 0.3) is 6.01 Å². The van der Waals surface area contributed by atoms with Crippen molar-refractivity contribution in [2.75, 3.05) is 12.8 Å². The topological polar surface area (TPSA) is 61.3 Å². The van der Waals surface area contributed by atoms with E-state index in [1.54, 1.807) is 7.11 Å². The molecule has 0 atom stereocenters. The minimum Gasteiger partial charge on any atom is -0.496 e. The Balaban J connectivity index is 2.72. The number of rotatable bonds is 2. The van der Waals surface area contributed by atoms with Crippen molar-refractivity contribution in [1.29, 1.82) is 0 Å². The molecule has 0 saturated carbocycles. The van der Waals surface area contributed by atoms with Crippen LogP contribution < -0.4 is 10.5 Å². The van der Waals surface area contributed by atoms with E-state index >= 15 is 0 Å². The lowest BCUT2D eigenvalue weighted by atomic mass is 9.94. The predicted molar refractivity (Wildman–Crippen MR) is 71.9 cm³/mol. The van der Waals surface area contributed by atoms with Crippen LogP contribution in [-0.4, -0.2) is 12.1 Å². The van der Waals surface area contributed by atoms with Crippen LogP contribution in [0.5, 0.6) is 5.75 Å². The molecule has 0 aliphatic heterocycles. The number of oxazole rings is 1. The molecule has 4 nitrogen and oxygen atoms in total. The predicted octanol–water partition coefficient (Wildman–Crippen LogP) is 3.17. The number of nitrogens with two attached hydrogens (primary N) is 1. The van der Waals surface area contributed by atoms with Crippen molar-refractivity contribution in [1.82, 2.24) is 4.98 Å². The molecule has 0 unspecified atom stereocenters. The van der Waals surface area contributed by atoms with Crippen LogP contribution in [0.4, 0.5) is 6.01 Å². The quantitative estimate of drug-likeness (QED) is 0.884. The summed E-state index contributed by atoms with van der Waals surface area (Å²) in [6, 6.07) is 2.22. The number of benzene rings is 1. The minimum atomic E-state index is 0.203. The molecule has 4 heteroatoms. The number of hydrogen-bond donors (Lipinski definition) is 1. The van der Waals surface area contributed by atoms with Gasteiger partial charge in [-0.25, -0.2) is 0 Å². The van der Waals surface area contributed by atoms with Crippen molar-refractivity contribution in [3.8, 4) is 17.0 Å². The van der Waals surface area contributed by atoms with Crippen LogP contribution in [-0.2, 0) is 0 Å². The second-order valence-electron chi connectivity index (χ2n) is 4.48. The zero-order valence-electron chi connectivity index (χ0n) is 11.4. The highest BCUT2D eigenvalue weighted by atomic mass is 16.5. The average Bonchev–Trinajstić information content (AvgIpc) is 2.63. The summed E-state index contributed by atoms with van der Waals surface area (Å²) in [6.45, 7) is 8.01. The number of hydrogen-bond acceptors (Lipinski definition) is 4. The van der Waals surface area contributed by atoms with Gasteiger partial charge in [-0.3, -0.25) is 0 Å². The maximum atomic E-state index is 5.61. The molecule has 0 radical (unpaired) electrons. The maximum Gasteiger partial charge on any atom is 0.292 e. The highest BCUT2D eigenvalue weighted by Gasteiger charge is 2.17. The largest absolute Gasteiger partial charge is 0.496 e. The summed E-state index contributed by atoms with van der Waals surface area (Å²) in [6.07, 6.45) is 0. The van der Waals surface area contributed by atoms with E-state index in [9.17, 15) is 0 Å². The highest BCUT2D eigenvalue weighted by molar-refractivity contribution is 5.73. The minimum absolute atomic E-state index is 0.203. The van der Waals surface area contributed by atoms with Crippen LogP contribution in [0, 0.1) is 27.7 Å². The fourth-order valence-corrected chi connectivity index (χ4v) is 2.27. The van der Waals surface area contributed by atoms with E-state index in [2.05, 4.69) is 11.9 Å². The lowest BCUT2D eigenvalue weighted by Gasteiger charge is -2.14. The second kappa shape index (κ2) is 4.37. The number of methoxy groups -OCH3 is 1. The van der Waals surface area contributed by atoms with Crippen molar-refractivity contribution in [3.05, 3.63) is 28.5 Å². The van der Waals surface area contributed by atoms with Crippen molar-refractivity contribution in [3.63, 3.8) is 0 Å². The molecular formula is C14H18N2O2. The van der Waals surface area contributed by atoms with E-state index in [0.717, 1.165) is 39.5 Å². The van der Waals surface area contributed by atoms with Gasteiger partial charge >= 0.3 is 0 Å². The first-order valence-electron chi connectivity index (χ1n) is 5.83. The fraction of sp³-hybridized carbons (Fsp3) is 0.357. The Morgan fingerprint density at radius 3 is 2.33 bits per heavy atom. The number of aromatic nitrogens is 1. The van der Waals surface area contributed by atoms with Gasteiger partial charge in [0.1, 0.15) is 17.2 Å². The van der Waals surface area contributed by atoms with Crippen molar-refractivity contribution in [2.24, 2.45) is 0 Å². The molecule has 0 spiro atoms. The van der Waals surface area contributed by atoms with Gasteiger partial charge in [0.2, 0.25) is 0 Å². The average molecular weight is 246 g/mol. The SMILES string of the molecule is COc1cc(C)c(-c2nc(N)oc2C)c(C)c1C. The molecule has 2 rings (SSSR count). The molecule has 0 bridgehead atoms. The molecular weight excluding hydrogens is 228 g/mol. The summed E-state index contributed by atoms with van der Waals surface area (Å²) >= 11 is 0. The summed E-state index contributed by atoms with van der Waals surface area (Å²) in [4.78, 5) is 4.27. The number of ether oxygens (including phenoxy) is 1. The Labute approximate surface area is 107 Å². The molecule has 0 fully saturated rings. The van der Waals surface area contributed by atoms with Crippen LogP contribution in [0.15, 0.2) is 10.5 Å². The third-order valence-electron chi connectivity index (χ3n) is 3.32. The molecule has 2 N–H and O–H groups in total. The fourth-order valence-electron chi connectivity index (χ4n) is 2.27. The lowest BCUT2D eigenvalue weighted by Crippen LogP contribution is -1.97. The van der Waals surface area contributed by atoms with Gasteiger partial charge in [0.15, 0.2) is 0 Å². The number of nitrogens with zero attached hydrogens (tertiary/aromatic N) is 1. The van der Waals surface area contributed by atoms with Crippen LogP contribution in [0.25, 0.3) is 11.3 Å². The molecule has 0 amide bonds. The van der Waals surface area contributed by atoms with E-state index in [1.165, 1.54) is 0 Å². The summed E-state index contributed by atoms with van der Waals surface area (Å²) in [5.74, 6) is 1.63. The first-order chi connectivity index (χ1) is 8.45. The van der Waals surface area contributed by atoms with Crippen molar-refractivity contribution >= 4 is 6.01 Å². The van der Waals surface area contributed by atoms with Gasteiger partial charge in [-0.15, -0.1) is 0 Å². The van der Waals surface area contributed by atoms with Gasteiger partial charge in [-0.2, -0.15) is 4.98 Å². The van der Waals surface area contributed by atoms with E-state index < -0.39 is 0 Å². The van der Waals surface area contributed by atoms with Crippen LogP contribution in [0.2, 0.25) is 0 Å². The zero-order chi connectivity index (χ0) is 13.4. The first kappa shape index (κ1) is 12.5. The van der Waals surface area contributed by atoms with Crippen molar-refractivity contribution in [2.45, 2.75) is 27.7 Å². The normalized spacial score (nSPS) is 10.7. The van der Waals surface area contributed by atoms with Gasteiger partial charge in [0.05, 0.1) is 7.11 Å². The smallest absolute Gasteiger partial charge is 0.292 e. The Morgan fingerprint density at radius 1 is 1.17 bits per heavy atom. The second-order valence-corrected chi connectivity index (χ2v) is 4.48. The van der Waals surface area contributed by atoms with Gasteiger partial charge < -0.3 is 14.9 Å². The number of aryl methyl sites for hydroxylation is 2. The monoisotopic (exact) mass is 246 g/mol. The molecule has 96 valence electrons. The summed E-state index contributed by atoms with van der Waals surface area (Å²) in [5.41, 5.74) is 10.9. The summed E-state index contributed by atoms with van der Waals surface area (Å²) < 4.78 is 10.7. The third-order valence-corrected chi connectivity index (χ3v) is 3.32. The Kier molecular flexibility index (Phi) is 3.03. The number of anilines is 1. The summed E-state index contributed by atoms with van der Waals surface area (Å²) in [5, 5.41) is 0. The molecule has 1 aromatic heterocycles. The van der Waals surface area contributed by atoms with Gasteiger partial charge in [0, 0.05) is 5.56 Å². The van der Waals surface area contributed by atoms with E-state index in [4.69, 9.17) is 14.9 Å². The molecule has 0 aliphatic carbocycles. The molecule has 0 aliphatic rings. The maximum absolute atomic E-state index is 5.61. The van der Waals surface area contributed by atoms with E-state index in [0.29, 0.717) is 0 Å². The Morgan fingerprint density at radius 2 is 1.83 bits per heavy atom. The third kappa shape index (κ3) is 1.83. The molecule has 18 heavy (non-hydrogen) atoms. The van der Waals surface area contributed by atoms with Crippen LogP contribution in [0.1, 0.15) is 22.5 Å². The molecule has 1 aromatic carbocycles. The van der Waals surface area contributed by atoms with Crippen LogP contribution in [0.3, 0.4) is 0 Å². The Bertz CT molecular complexity index is 600. The van der Waals surface area contributed by atoms with Crippen LogP contribution >= 0.6 is 0 Å². The molecule has 1 heterocycles. The first-order valence-corrected chi connectivity index (χ1v) is 5.83. The molecule has 2 aromatic rings. The lowest BCUT2D eigenvalue weighted by molar-refractivity contribution is 0.411. The van der Waals surface area contributed by atoms with Gasteiger partial charge in [-0.05, 0) is 50.5 Å². The molecule has 0 saturated heterocycles. The zero-order valence-corrected chi connectivity index (χ0v) is 11.4. The van der Waals surface area contributed by atoms with Gasteiger partial charge in [-0.1, -0.05) is 0 Å². The Hall–Kier alpha value is -1.97. The number of nitrogen functional groups attached to an aromatic ring is 1. The van der Waals surface area contributed by atoms with E-state index in [-0.39, 0.29) is 6.01 Å². The van der Waals surface area contributed by atoms with E-state index in [1.807, 2.05) is 26.8 Å². The highest BCUT2D eigenvalue weighted by Crippen LogP contribution is 2.35. The van der Waals surface area contributed by atoms with Crippen molar-refractivity contribution < 1.29 is 9.15 Å². The standard InChI is InChI=1S/C14H18N2O2/c1-7-6-11(17-5)8(2)9(3)12(7)13-10(4)18-14(15)16-13/h6H,1-5H3,(H2,15,16). The summed E-state index contributed by atoms with van der Waals surface area (Å²) in [7, 11) is 1.68.